The second kappa shape index (κ2) is 6.88. The topological polar surface area (TPSA) is 35.5 Å². The van der Waals surface area contributed by atoms with Crippen molar-refractivity contribution in [2.45, 2.75) is 31.9 Å². The molecule has 0 radical (unpaired) electrons. The Morgan fingerprint density at radius 1 is 1.28 bits per heavy atom. The highest BCUT2D eigenvalue weighted by atomic mass is 16.3. The lowest BCUT2D eigenvalue weighted by Gasteiger charge is -2.32. The average Bonchev–Trinajstić information content (AvgIpc) is 2.46. The van der Waals surface area contributed by atoms with Crippen LogP contribution in [-0.4, -0.2) is 42.2 Å². The minimum absolute atomic E-state index is 0.393. The molecule has 1 aliphatic rings. The summed E-state index contributed by atoms with van der Waals surface area (Å²) in [7, 11) is 0. The Labute approximate surface area is 110 Å². The van der Waals surface area contributed by atoms with Crippen molar-refractivity contribution >= 4 is 0 Å². The first-order valence-corrected chi connectivity index (χ1v) is 6.98. The average molecular weight is 248 g/mol. The first-order valence-electron chi connectivity index (χ1n) is 6.98. The third kappa shape index (κ3) is 3.80. The van der Waals surface area contributed by atoms with Gasteiger partial charge in [-0.1, -0.05) is 37.3 Å². The van der Waals surface area contributed by atoms with Gasteiger partial charge in [-0.15, -0.1) is 0 Å². The van der Waals surface area contributed by atoms with Crippen molar-refractivity contribution in [2.24, 2.45) is 0 Å². The second-order valence-corrected chi connectivity index (χ2v) is 5.04. The van der Waals surface area contributed by atoms with E-state index in [2.05, 4.69) is 17.1 Å². The second-order valence-electron chi connectivity index (χ2n) is 5.04. The van der Waals surface area contributed by atoms with Gasteiger partial charge in [-0.2, -0.15) is 0 Å². The third-order valence-corrected chi connectivity index (χ3v) is 3.82. The molecule has 2 N–H and O–H groups in total. The highest BCUT2D eigenvalue weighted by Crippen LogP contribution is 2.13. The van der Waals surface area contributed by atoms with Crippen molar-refractivity contribution < 1.29 is 5.11 Å². The Morgan fingerprint density at radius 3 is 2.56 bits per heavy atom. The molecule has 3 heteroatoms. The van der Waals surface area contributed by atoms with Gasteiger partial charge in [0.25, 0.3) is 0 Å². The summed E-state index contributed by atoms with van der Waals surface area (Å²) in [4.78, 5) is 2.48. The Hall–Kier alpha value is -0.900. The van der Waals surface area contributed by atoms with E-state index >= 15 is 0 Å². The number of aliphatic hydroxyl groups excluding tert-OH is 1. The summed E-state index contributed by atoms with van der Waals surface area (Å²) in [6.45, 7) is 6.37. The molecular formula is C15H24N2O. The Morgan fingerprint density at radius 2 is 1.94 bits per heavy atom. The van der Waals surface area contributed by atoms with E-state index in [0.717, 1.165) is 12.1 Å². The van der Waals surface area contributed by atoms with Gasteiger partial charge in [0.15, 0.2) is 0 Å². The Balaban J connectivity index is 1.72. The van der Waals surface area contributed by atoms with Crippen LogP contribution in [0.15, 0.2) is 30.3 Å². The molecule has 18 heavy (non-hydrogen) atoms. The van der Waals surface area contributed by atoms with Crippen LogP contribution in [0.25, 0.3) is 0 Å². The van der Waals surface area contributed by atoms with Crippen molar-refractivity contribution in [3.63, 3.8) is 0 Å². The fourth-order valence-electron chi connectivity index (χ4n) is 2.52. The highest BCUT2D eigenvalue weighted by molar-refractivity contribution is 5.17. The Bertz CT molecular complexity index is 334. The fourth-order valence-corrected chi connectivity index (χ4v) is 2.52. The van der Waals surface area contributed by atoms with E-state index in [4.69, 9.17) is 0 Å². The van der Waals surface area contributed by atoms with Gasteiger partial charge in [-0.25, -0.2) is 0 Å². The molecule has 1 aromatic carbocycles. The molecule has 1 aromatic rings. The van der Waals surface area contributed by atoms with Gasteiger partial charge in [0.2, 0.25) is 0 Å². The van der Waals surface area contributed by atoms with Crippen LogP contribution in [0.2, 0.25) is 0 Å². The quantitative estimate of drug-likeness (QED) is 0.834. The van der Waals surface area contributed by atoms with Gasteiger partial charge in [-0.3, -0.25) is 0 Å². The first-order chi connectivity index (χ1) is 8.79. The summed E-state index contributed by atoms with van der Waals surface area (Å²) in [6.07, 6.45) is 1.99. The maximum Gasteiger partial charge on any atom is 0.0914 e. The molecule has 1 heterocycles. The SMILES string of the molecule is CCN1CCC(NCC(O)c2ccccc2)CC1. The van der Waals surface area contributed by atoms with Crippen LogP contribution in [0.4, 0.5) is 0 Å². The normalized spacial score (nSPS) is 19.9. The van der Waals surface area contributed by atoms with Crippen molar-refractivity contribution in [1.82, 2.24) is 10.2 Å². The largest absolute Gasteiger partial charge is 0.387 e. The van der Waals surface area contributed by atoms with Gasteiger partial charge in [-0.05, 0) is 38.0 Å². The van der Waals surface area contributed by atoms with E-state index < -0.39 is 6.10 Å². The van der Waals surface area contributed by atoms with Crippen LogP contribution in [0.1, 0.15) is 31.4 Å². The lowest BCUT2D eigenvalue weighted by Crippen LogP contribution is -2.43. The van der Waals surface area contributed by atoms with Crippen LogP contribution < -0.4 is 5.32 Å². The van der Waals surface area contributed by atoms with Crippen LogP contribution >= 0.6 is 0 Å². The van der Waals surface area contributed by atoms with Gasteiger partial charge in [0.05, 0.1) is 6.10 Å². The van der Waals surface area contributed by atoms with E-state index in [0.29, 0.717) is 12.6 Å². The number of nitrogens with one attached hydrogen (secondary N) is 1. The Kier molecular flexibility index (Phi) is 5.17. The smallest absolute Gasteiger partial charge is 0.0914 e. The highest BCUT2D eigenvalue weighted by Gasteiger charge is 2.18. The monoisotopic (exact) mass is 248 g/mol. The zero-order valence-electron chi connectivity index (χ0n) is 11.2. The summed E-state index contributed by atoms with van der Waals surface area (Å²) in [6, 6.07) is 10.4. The van der Waals surface area contributed by atoms with Crippen LogP contribution in [0.3, 0.4) is 0 Å². The molecular weight excluding hydrogens is 224 g/mol. The molecule has 100 valence electrons. The number of piperidine rings is 1. The van der Waals surface area contributed by atoms with E-state index in [1.807, 2.05) is 30.3 Å². The molecule has 1 aliphatic heterocycles. The van der Waals surface area contributed by atoms with E-state index in [-0.39, 0.29) is 0 Å². The van der Waals surface area contributed by atoms with Crippen molar-refractivity contribution in [3.05, 3.63) is 35.9 Å². The minimum atomic E-state index is -0.393. The van der Waals surface area contributed by atoms with Crippen LogP contribution in [-0.2, 0) is 0 Å². The maximum absolute atomic E-state index is 10.1. The number of likely N-dealkylation sites (tertiary alicyclic amines) is 1. The molecule has 1 atom stereocenters. The van der Waals surface area contributed by atoms with Crippen molar-refractivity contribution in [1.29, 1.82) is 0 Å². The number of rotatable bonds is 5. The van der Waals surface area contributed by atoms with Gasteiger partial charge in [0, 0.05) is 12.6 Å². The first kappa shape index (κ1) is 13.5. The van der Waals surface area contributed by atoms with E-state index in [9.17, 15) is 5.11 Å². The molecule has 0 spiro atoms. The number of nitrogens with zero attached hydrogens (tertiary/aromatic N) is 1. The molecule has 1 saturated heterocycles. The minimum Gasteiger partial charge on any atom is -0.387 e. The summed E-state index contributed by atoms with van der Waals surface area (Å²) >= 11 is 0. The molecule has 2 rings (SSSR count). The molecule has 3 nitrogen and oxygen atoms in total. The van der Waals surface area contributed by atoms with Crippen LogP contribution in [0, 0.1) is 0 Å². The summed E-state index contributed by atoms with van der Waals surface area (Å²) < 4.78 is 0. The van der Waals surface area contributed by atoms with Gasteiger partial charge >= 0.3 is 0 Å². The number of benzene rings is 1. The van der Waals surface area contributed by atoms with E-state index in [1.165, 1.54) is 25.9 Å². The summed E-state index contributed by atoms with van der Waals surface area (Å²) in [5.41, 5.74) is 0.996. The number of hydrogen-bond acceptors (Lipinski definition) is 3. The predicted octanol–water partition coefficient (Wildman–Crippen LogP) is 1.79. The van der Waals surface area contributed by atoms with Crippen molar-refractivity contribution in [2.75, 3.05) is 26.2 Å². The number of hydrogen-bond donors (Lipinski definition) is 2. The number of aliphatic hydroxyl groups is 1. The lowest BCUT2D eigenvalue weighted by atomic mass is 10.0. The fraction of sp³-hybridized carbons (Fsp3) is 0.600. The standard InChI is InChI=1S/C15H24N2O/c1-2-17-10-8-14(9-11-17)16-12-15(18)13-6-4-3-5-7-13/h3-7,14-16,18H,2,8-12H2,1H3. The molecule has 0 saturated carbocycles. The molecule has 0 bridgehead atoms. The van der Waals surface area contributed by atoms with E-state index in [1.54, 1.807) is 0 Å². The molecule has 0 amide bonds. The predicted molar refractivity (Wildman–Crippen MR) is 74.5 cm³/mol. The van der Waals surface area contributed by atoms with Crippen molar-refractivity contribution in [3.8, 4) is 0 Å². The van der Waals surface area contributed by atoms with Gasteiger partial charge < -0.3 is 15.3 Å². The maximum atomic E-state index is 10.1. The summed E-state index contributed by atoms with van der Waals surface area (Å²) in [5.74, 6) is 0. The zero-order valence-corrected chi connectivity index (χ0v) is 11.2. The lowest BCUT2D eigenvalue weighted by molar-refractivity contribution is 0.153. The zero-order chi connectivity index (χ0) is 12.8. The van der Waals surface area contributed by atoms with Gasteiger partial charge in [0.1, 0.15) is 0 Å². The molecule has 1 unspecified atom stereocenters. The van der Waals surface area contributed by atoms with Crippen LogP contribution in [0.5, 0.6) is 0 Å². The summed E-state index contributed by atoms with van der Waals surface area (Å²) in [5, 5.41) is 13.6. The third-order valence-electron chi connectivity index (χ3n) is 3.82. The molecule has 0 aromatic heterocycles. The molecule has 1 fully saturated rings. The molecule has 0 aliphatic carbocycles.